The highest BCUT2D eigenvalue weighted by molar-refractivity contribution is 5.27. The summed E-state index contributed by atoms with van der Waals surface area (Å²) in [5.41, 5.74) is 6.71. The Kier molecular flexibility index (Phi) is 3.80. The predicted molar refractivity (Wildman–Crippen MR) is 63.5 cm³/mol. The lowest BCUT2D eigenvalue weighted by Crippen LogP contribution is -2.25. The Bertz CT molecular complexity index is 323. The third kappa shape index (κ3) is 2.74. The van der Waals surface area contributed by atoms with Crippen LogP contribution in [0.4, 0.5) is 0 Å². The van der Waals surface area contributed by atoms with Crippen molar-refractivity contribution in [3.05, 3.63) is 29.8 Å². The zero-order valence-corrected chi connectivity index (χ0v) is 9.43. The molecule has 16 heavy (non-hydrogen) atoms. The summed E-state index contributed by atoms with van der Waals surface area (Å²) in [6.45, 7) is 0.668. The predicted octanol–water partition coefficient (Wildman–Crippen LogP) is 1.48. The summed E-state index contributed by atoms with van der Waals surface area (Å²) < 4.78 is 5.74. The molecule has 0 amide bonds. The summed E-state index contributed by atoms with van der Waals surface area (Å²) in [6.07, 6.45) is 3.43. The highest BCUT2D eigenvalue weighted by atomic mass is 16.5. The van der Waals surface area contributed by atoms with E-state index in [1.807, 2.05) is 24.3 Å². The lowest BCUT2D eigenvalue weighted by Gasteiger charge is -2.17. The molecular weight excluding hydrogens is 202 g/mol. The standard InChI is InChI=1S/C13H19NO2/c14-9-8-10-4-6-11(7-5-10)16-13-3-1-2-12(13)15/h4-7,12-13,15H,1-3,8-9,14H2. The molecule has 0 aliphatic heterocycles. The van der Waals surface area contributed by atoms with Crippen LogP contribution >= 0.6 is 0 Å². The van der Waals surface area contributed by atoms with E-state index in [0.717, 1.165) is 31.4 Å². The summed E-state index contributed by atoms with van der Waals surface area (Å²) >= 11 is 0. The molecule has 2 unspecified atom stereocenters. The molecule has 0 spiro atoms. The Morgan fingerprint density at radius 3 is 2.56 bits per heavy atom. The van der Waals surface area contributed by atoms with Crippen LogP contribution in [-0.4, -0.2) is 23.9 Å². The molecule has 1 aromatic carbocycles. The van der Waals surface area contributed by atoms with Crippen molar-refractivity contribution in [1.82, 2.24) is 0 Å². The van der Waals surface area contributed by atoms with Gasteiger partial charge in [-0.05, 0) is 49.9 Å². The largest absolute Gasteiger partial charge is 0.488 e. The minimum atomic E-state index is -0.302. The molecular formula is C13H19NO2. The number of ether oxygens (including phenoxy) is 1. The van der Waals surface area contributed by atoms with Gasteiger partial charge in [-0.25, -0.2) is 0 Å². The van der Waals surface area contributed by atoms with Gasteiger partial charge < -0.3 is 15.6 Å². The smallest absolute Gasteiger partial charge is 0.124 e. The topological polar surface area (TPSA) is 55.5 Å². The first-order valence-corrected chi connectivity index (χ1v) is 5.93. The Hall–Kier alpha value is -1.06. The third-order valence-electron chi connectivity index (χ3n) is 3.06. The number of hydrogen-bond acceptors (Lipinski definition) is 3. The summed E-state index contributed by atoms with van der Waals surface area (Å²) in [5, 5.41) is 9.65. The van der Waals surface area contributed by atoms with Crippen LogP contribution in [0.3, 0.4) is 0 Å². The maximum absolute atomic E-state index is 9.65. The van der Waals surface area contributed by atoms with Gasteiger partial charge in [0.05, 0.1) is 6.10 Å². The second kappa shape index (κ2) is 5.32. The normalized spacial score (nSPS) is 24.6. The van der Waals surface area contributed by atoms with E-state index in [1.165, 1.54) is 5.56 Å². The molecule has 1 saturated carbocycles. The first kappa shape index (κ1) is 11.4. The average Bonchev–Trinajstić information content (AvgIpc) is 2.68. The van der Waals surface area contributed by atoms with Gasteiger partial charge in [-0.2, -0.15) is 0 Å². The van der Waals surface area contributed by atoms with E-state index in [1.54, 1.807) is 0 Å². The van der Waals surface area contributed by atoms with E-state index < -0.39 is 0 Å². The quantitative estimate of drug-likeness (QED) is 0.809. The van der Waals surface area contributed by atoms with Crippen LogP contribution in [0.25, 0.3) is 0 Å². The van der Waals surface area contributed by atoms with E-state index in [4.69, 9.17) is 10.5 Å². The fourth-order valence-electron chi connectivity index (χ4n) is 2.12. The van der Waals surface area contributed by atoms with Crippen molar-refractivity contribution in [3.8, 4) is 5.75 Å². The summed E-state index contributed by atoms with van der Waals surface area (Å²) in [7, 11) is 0. The number of aliphatic hydroxyl groups is 1. The molecule has 0 saturated heterocycles. The Labute approximate surface area is 96.2 Å². The lowest BCUT2D eigenvalue weighted by atomic mass is 10.1. The molecule has 2 rings (SSSR count). The molecule has 0 aromatic heterocycles. The van der Waals surface area contributed by atoms with E-state index >= 15 is 0 Å². The second-order valence-corrected chi connectivity index (χ2v) is 4.34. The molecule has 1 fully saturated rings. The number of nitrogens with two attached hydrogens (primary N) is 1. The monoisotopic (exact) mass is 221 g/mol. The van der Waals surface area contributed by atoms with E-state index in [-0.39, 0.29) is 12.2 Å². The highest BCUT2D eigenvalue weighted by Crippen LogP contribution is 2.24. The highest BCUT2D eigenvalue weighted by Gasteiger charge is 2.26. The van der Waals surface area contributed by atoms with E-state index in [2.05, 4.69) is 0 Å². The fraction of sp³-hybridized carbons (Fsp3) is 0.538. The van der Waals surface area contributed by atoms with Crippen LogP contribution in [0.1, 0.15) is 24.8 Å². The van der Waals surface area contributed by atoms with Crippen LogP contribution < -0.4 is 10.5 Å². The first-order valence-electron chi connectivity index (χ1n) is 5.93. The number of rotatable bonds is 4. The fourth-order valence-corrected chi connectivity index (χ4v) is 2.12. The molecule has 1 aromatic rings. The molecule has 88 valence electrons. The SMILES string of the molecule is NCCc1ccc(OC2CCCC2O)cc1. The van der Waals surface area contributed by atoms with Crippen molar-refractivity contribution in [1.29, 1.82) is 0 Å². The molecule has 0 heterocycles. The molecule has 0 radical (unpaired) electrons. The minimum absolute atomic E-state index is 0.0274. The second-order valence-electron chi connectivity index (χ2n) is 4.34. The Balaban J connectivity index is 1.94. The van der Waals surface area contributed by atoms with Gasteiger partial charge >= 0.3 is 0 Å². The lowest BCUT2D eigenvalue weighted by molar-refractivity contribution is 0.0604. The number of hydrogen-bond donors (Lipinski definition) is 2. The Morgan fingerprint density at radius 2 is 2.00 bits per heavy atom. The van der Waals surface area contributed by atoms with Crippen LogP contribution in [0.5, 0.6) is 5.75 Å². The zero-order valence-electron chi connectivity index (χ0n) is 9.43. The van der Waals surface area contributed by atoms with Crippen LogP contribution in [0.2, 0.25) is 0 Å². The average molecular weight is 221 g/mol. The molecule has 0 bridgehead atoms. The number of benzene rings is 1. The van der Waals surface area contributed by atoms with Crippen molar-refractivity contribution in [3.63, 3.8) is 0 Å². The summed E-state index contributed by atoms with van der Waals surface area (Å²) in [4.78, 5) is 0. The Morgan fingerprint density at radius 1 is 1.25 bits per heavy atom. The third-order valence-corrected chi connectivity index (χ3v) is 3.06. The molecule has 1 aliphatic carbocycles. The van der Waals surface area contributed by atoms with E-state index in [9.17, 15) is 5.11 Å². The van der Waals surface area contributed by atoms with Crippen LogP contribution in [-0.2, 0) is 6.42 Å². The maximum Gasteiger partial charge on any atom is 0.124 e. The van der Waals surface area contributed by atoms with Gasteiger partial charge in [-0.15, -0.1) is 0 Å². The first-order chi connectivity index (χ1) is 7.79. The van der Waals surface area contributed by atoms with Crippen molar-refractivity contribution >= 4 is 0 Å². The van der Waals surface area contributed by atoms with E-state index in [0.29, 0.717) is 6.54 Å². The van der Waals surface area contributed by atoms with Gasteiger partial charge in [-0.1, -0.05) is 12.1 Å². The van der Waals surface area contributed by atoms with Crippen LogP contribution in [0.15, 0.2) is 24.3 Å². The van der Waals surface area contributed by atoms with Gasteiger partial charge in [-0.3, -0.25) is 0 Å². The summed E-state index contributed by atoms with van der Waals surface area (Å²) in [6, 6.07) is 7.97. The van der Waals surface area contributed by atoms with Gasteiger partial charge in [0.15, 0.2) is 0 Å². The summed E-state index contributed by atoms with van der Waals surface area (Å²) in [5.74, 6) is 0.840. The van der Waals surface area contributed by atoms with Gasteiger partial charge in [0.1, 0.15) is 11.9 Å². The van der Waals surface area contributed by atoms with Crippen molar-refractivity contribution in [2.45, 2.75) is 37.9 Å². The molecule has 3 heteroatoms. The minimum Gasteiger partial charge on any atom is -0.488 e. The van der Waals surface area contributed by atoms with Crippen LogP contribution in [0, 0.1) is 0 Å². The molecule has 3 nitrogen and oxygen atoms in total. The van der Waals surface area contributed by atoms with Crippen molar-refractivity contribution in [2.24, 2.45) is 5.73 Å². The van der Waals surface area contributed by atoms with Crippen molar-refractivity contribution < 1.29 is 9.84 Å². The van der Waals surface area contributed by atoms with Gasteiger partial charge in [0.25, 0.3) is 0 Å². The maximum atomic E-state index is 9.65. The van der Waals surface area contributed by atoms with Gasteiger partial charge in [0, 0.05) is 0 Å². The van der Waals surface area contributed by atoms with Crippen molar-refractivity contribution in [2.75, 3.05) is 6.54 Å². The van der Waals surface area contributed by atoms with Gasteiger partial charge in [0.2, 0.25) is 0 Å². The molecule has 3 N–H and O–H groups in total. The zero-order chi connectivity index (χ0) is 11.4. The molecule has 1 aliphatic rings. The molecule has 2 atom stereocenters. The number of aliphatic hydroxyl groups excluding tert-OH is 1.